The Kier molecular flexibility index (Phi) is 7.34. The van der Waals surface area contributed by atoms with Crippen molar-refractivity contribution in [3.63, 3.8) is 0 Å². The van der Waals surface area contributed by atoms with Crippen molar-refractivity contribution in [3.05, 3.63) is 35.9 Å². The molecule has 2 fully saturated rings. The van der Waals surface area contributed by atoms with Crippen LogP contribution in [0.25, 0.3) is 10.9 Å². The van der Waals surface area contributed by atoms with E-state index in [1.807, 2.05) is 19.2 Å². The first-order valence-electron chi connectivity index (χ1n) is 13.1. The fourth-order valence-electron chi connectivity index (χ4n) is 5.45. The number of pyridine rings is 2. The van der Waals surface area contributed by atoms with E-state index in [0.29, 0.717) is 37.8 Å². The lowest BCUT2D eigenvalue weighted by molar-refractivity contribution is -0.140. The molecule has 12 heteroatoms. The summed E-state index contributed by atoms with van der Waals surface area (Å²) < 4.78 is 61.3. The zero-order valence-electron chi connectivity index (χ0n) is 21.8. The van der Waals surface area contributed by atoms with Gasteiger partial charge in [0.05, 0.1) is 22.5 Å². The predicted octanol–water partition coefficient (Wildman–Crippen LogP) is 5.12. The lowest BCUT2D eigenvalue weighted by atomic mass is 9.93. The van der Waals surface area contributed by atoms with Crippen LogP contribution in [0.1, 0.15) is 50.6 Å². The minimum absolute atomic E-state index is 0.0783. The Bertz CT molecular complexity index is 1270. The third-order valence-corrected chi connectivity index (χ3v) is 7.55. The fourth-order valence-corrected chi connectivity index (χ4v) is 5.45. The number of likely N-dealkylation sites (N-methyl/N-ethyl adjacent to an activating group) is 1. The zero-order valence-corrected chi connectivity index (χ0v) is 21.8. The fraction of sp³-hybridized carbons (Fsp3) is 0.577. The Hall–Kier alpha value is -3.15. The van der Waals surface area contributed by atoms with Gasteiger partial charge in [0.15, 0.2) is 11.6 Å². The van der Waals surface area contributed by atoms with Crippen molar-refractivity contribution in [1.29, 1.82) is 0 Å². The van der Waals surface area contributed by atoms with Gasteiger partial charge in [-0.2, -0.15) is 18.3 Å². The van der Waals surface area contributed by atoms with Crippen LogP contribution < -0.4 is 15.0 Å². The monoisotopic (exact) mass is 535 g/mol. The number of nitrogens with one attached hydrogen (secondary N) is 1. The smallest absolute Gasteiger partial charge is 0.419 e. The quantitative estimate of drug-likeness (QED) is 0.421. The molecule has 0 amide bonds. The number of rotatable bonds is 7. The van der Waals surface area contributed by atoms with Crippen molar-refractivity contribution in [2.24, 2.45) is 0 Å². The highest BCUT2D eigenvalue weighted by atomic mass is 19.4. The molecular formula is C26H33F4N7O. The molecule has 1 saturated heterocycles. The van der Waals surface area contributed by atoms with Crippen LogP contribution in [-0.4, -0.2) is 70.5 Å². The van der Waals surface area contributed by atoms with E-state index >= 15 is 0 Å². The second-order valence-corrected chi connectivity index (χ2v) is 10.3. The highest BCUT2D eigenvalue weighted by molar-refractivity contribution is 5.91. The topological polar surface area (TPSA) is 71.3 Å². The number of hydrogen-bond donors (Lipinski definition) is 1. The highest BCUT2D eigenvalue weighted by Gasteiger charge is 2.37. The molecule has 0 radical (unpaired) electrons. The van der Waals surface area contributed by atoms with Crippen molar-refractivity contribution in [2.45, 2.75) is 63.4 Å². The third-order valence-electron chi connectivity index (χ3n) is 7.55. The first-order chi connectivity index (χ1) is 18.2. The van der Waals surface area contributed by atoms with Gasteiger partial charge in [-0.05, 0) is 59.2 Å². The molecule has 38 heavy (non-hydrogen) atoms. The summed E-state index contributed by atoms with van der Waals surface area (Å²) in [5.41, 5.74) is -0.371. The summed E-state index contributed by atoms with van der Waals surface area (Å²) in [5.74, 6) is -0.354. The third kappa shape index (κ3) is 5.23. The molecule has 4 heterocycles. The lowest BCUT2D eigenvalue weighted by Gasteiger charge is -2.29. The molecule has 0 spiro atoms. The van der Waals surface area contributed by atoms with Gasteiger partial charge in [0.25, 0.3) is 5.88 Å². The van der Waals surface area contributed by atoms with E-state index in [0.717, 1.165) is 54.8 Å². The Labute approximate surface area is 219 Å². The summed E-state index contributed by atoms with van der Waals surface area (Å²) in [6, 6.07) is 3.19. The molecule has 3 aromatic rings. The van der Waals surface area contributed by atoms with Crippen molar-refractivity contribution >= 4 is 22.5 Å². The Morgan fingerprint density at radius 1 is 1.13 bits per heavy atom. The lowest BCUT2D eigenvalue weighted by Crippen LogP contribution is -2.31. The molecule has 1 atom stereocenters. The molecule has 1 aliphatic heterocycles. The van der Waals surface area contributed by atoms with Gasteiger partial charge in [-0.1, -0.05) is 0 Å². The Balaban J connectivity index is 1.35. The van der Waals surface area contributed by atoms with Crippen LogP contribution in [0.2, 0.25) is 0 Å². The molecule has 3 aromatic heterocycles. The average molecular weight is 536 g/mol. The maximum Gasteiger partial charge on any atom is 0.419 e. The van der Waals surface area contributed by atoms with Gasteiger partial charge in [0.2, 0.25) is 0 Å². The predicted molar refractivity (Wildman–Crippen MR) is 137 cm³/mol. The van der Waals surface area contributed by atoms with Gasteiger partial charge in [-0.25, -0.2) is 14.4 Å². The van der Waals surface area contributed by atoms with Crippen molar-refractivity contribution in [1.82, 2.24) is 24.6 Å². The molecule has 2 aliphatic rings. The van der Waals surface area contributed by atoms with E-state index in [1.54, 1.807) is 0 Å². The number of ether oxygens (including phenoxy) is 1. The van der Waals surface area contributed by atoms with E-state index in [-0.39, 0.29) is 6.04 Å². The highest BCUT2D eigenvalue weighted by Crippen LogP contribution is 2.38. The summed E-state index contributed by atoms with van der Waals surface area (Å²) in [7, 11) is 4.19. The van der Waals surface area contributed by atoms with Crippen LogP contribution >= 0.6 is 0 Å². The van der Waals surface area contributed by atoms with Gasteiger partial charge in [-0.15, -0.1) is 0 Å². The number of aromatic nitrogens is 4. The van der Waals surface area contributed by atoms with E-state index in [2.05, 4.69) is 43.9 Å². The van der Waals surface area contributed by atoms with Crippen molar-refractivity contribution in [3.8, 4) is 5.88 Å². The number of alkyl halides is 3. The number of fused-ring (bicyclic) bond motifs is 1. The molecule has 206 valence electrons. The normalized spacial score (nSPS) is 22.4. The minimum Gasteiger partial charge on any atom is -0.472 e. The maximum atomic E-state index is 14.4. The van der Waals surface area contributed by atoms with Gasteiger partial charge in [-0.3, -0.25) is 4.68 Å². The molecule has 5 rings (SSSR count). The van der Waals surface area contributed by atoms with Crippen molar-refractivity contribution < 1.29 is 22.3 Å². The molecular weight excluding hydrogens is 502 g/mol. The minimum atomic E-state index is -4.80. The molecule has 1 saturated carbocycles. The Morgan fingerprint density at radius 2 is 1.89 bits per heavy atom. The largest absolute Gasteiger partial charge is 0.472 e. The van der Waals surface area contributed by atoms with Gasteiger partial charge in [0.1, 0.15) is 11.9 Å². The molecule has 8 nitrogen and oxygen atoms in total. The summed E-state index contributed by atoms with van der Waals surface area (Å²) >= 11 is 0. The van der Waals surface area contributed by atoms with Crippen LogP contribution in [0, 0.1) is 5.82 Å². The standard InChI is InChI=1S/C26H33F4N7O/c1-4-31-22-13-21-19(14-33-22)24(36-12-10-17(15-36)35(2)3)34-37(21)16-5-7-18(8-6-16)38-25-23(27)20(9-11-32-25)26(28,29)30/h9,11,13-14,16-18H,4-8,10,12,15H2,1-3H3,(H,31,33)/t16?,17-,18?/m1/s1. The summed E-state index contributed by atoms with van der Waals surface area (Å²) in [6.45, 7) is 4.58. The van der Waals surface area contributed by atoms with Gasteiger partial charge in [0, 0.05) is 44.1 Å². The van der Waals surface area contributed by atoms with Crippen LogP contribution in [0.5, 0.6) is 5.88 Å². The van der Waals surface area contributed by atoms with Crippen LogP contribution in [0.4, 0.5) is 29.2 Å². The average Bonchev–Trinajstić information content (AvgIpc) is 3.51. The second-order valence-electron chi connectivity index (χ2n) is 10.3. The van der Waals surface area contributed by atoms with E-state index in [4.69, 9.17) is 9.84 Å². The van der Waals surface area contributed by atoms with Crippen LogP contribution in [-0.2, 0) is 6.18 Å². The number of anilines is 2. The van der Waals surface area contributed by atoms with Crippen LogP contribution in [0.3, 0.4) is 0 Å². The Morgan fingerprint density at radius 3 is 2.55 bits per heavy atom. The van der Waals surface area contributed by atoms with E-state index in [9.17, 15) is 17.6 Å². The second kappa shape index (κ2) is 10.5. The first-order valence-corrected chi connectivity index (χ1v) is 13.1. The van der Waals surface area contributed by atoms with E-state index < -0.39 is 29.5 Å². The number of hydrogen-bond acceptors (Lipinski definition) is 7. The molecule has 1 N–H and O–H groups in total. The van der Waals surface area contributed by atoms with Gasteiger partial charge >= 0.3 is 6.18 Å². The number of nitrogens with zero attached hydrogens (tertiary/aromatic N) is 6. The van der Waals surface area contributed by atoms with E-state index in [1.165, 1.54) is 0 Å². The molecule has 0 unspecified atom stereocenters. The summed E-state index contributed by atoms with van der Waals surface area (Å²) in [4.78, 5) is 12.9. The SMILES string of the molecule is CCNc1cc2c(cn1)c(N1CC[C@@H](N(C)C)C1)nn2C1CCC(Oc2nccc(C(F)(F)F)c2F)CC1. The van der Waals surface area contributed by atoms with Crippen LogP contribution in [0.15, 0.2) is 24.5 Å². The molecule has 1 aliphatic carbocycles. The van der Waals surface area contributed by atoms with Crippen molar-refractivity contribution in [2.75, 3.05) is 43.9 Å². The van der Waals surface area contributed by atoms with Gasteiger partial charge < -0.3 is 19.9 Å². The zero-order chi connectivity index (χ0) is 27.0. The summed E-state index contributed by atoms with van der Waals surface area (Å²) in [6.07, 6.45) is 1.15. The molecule has 0 bridgehead atoms. The first kappa shape index (κ1) is 26.5. The summed E-state index contributed by atoms with van der Waals surface area (Å²) in [5, 5.41) is 9.34. The maximum absolute atomic E-state index is 14.4. The number of halogens is 4. The molecule has 0 aromatic carbocycles.